The van der Waals surface area contributed by atoms with E-state index >= 15 is 0 Å². The Bertz CT molecular complexity index is 672. The third kappa shape index (κ3) is 2.93. The van der Waals surface area contributed by atoms with Crippen LogP contribution in [-0.2, 0) is 7.05 Å². The highest BCUT2D eigenvalue weighted by Gasteiger charge is 2.53. The molecule has 4 fully saturated rings. The lowest BCUT2D eigenvalue weighted by molar-refractivity contribution is -0.0682. The predicted molar refractivity (Wildman–Crippen MR) is 103 cm³/mol. The van der Waals surface area contributed by atoms with E-state index in [9.17, 15) is 4.79 Å². The van der Waals surface area contributed by atoms with Crippen LogP contribution in [0.15, 0.2) is 0 Å². The number of rotatable bonds is 4. The van der Waals surface area contributed by atoms with Gasteiger partial charge in [-0.3, -0.25) is 4.68 Å². The van der Waals surface area contributed by atoms with Gasteiger partial charge in [0.25, 0.3) is 0 Å². The monoisotopic (exact) mass is 358 g/mol. The quantitative estimate of drug-likeness (QED) is 0.854. The highest BCUT2D eigenvalue weighted by Crippen LogP contribution is 2.61. The van der Waals surface area contributed by atoms with Gasteiger partial charge in [0.1, 0.15) is 0 Å². The lowest BCUT2D eigenvalue weighted by atomic mass is 9.48. The number of nitrogens with zero attached hydrogens (tertiary/aromatic N) is 2. The van der Waals surface area contributed by atoms with Crippen molar-refractivity contribution in [1.82, 2.24) is 20.4 Å². The van der Waals surface area contributed by atoms with Gasteiger partial charge in [-0.15, -0.1) is 0 Å². The van der Waals surface area contributed by atoms with Gasteiger partial charge in [0.15, 0.2) is 0 Å². The van der Waals surface area contributed by atoms with Gasteiger partial charge in [0, 0.05) is 24.3 Å². The van der Waals surface area contributed by atoms with Gasteiger partial charge in [-0.2, -0.15) is 5.10 Å². The Morgan fingerprint density at radius 2 is 1.62 bits per heavy atom. The van der Waals surface area contributed by atoms with E-state index in [0.717, 1.165) is 34.7 Å². The summed E-state index contributed by atoms with van der Waals surface area (Å²) >= 11 is 0. The fourth-order valence-corrected chi connectivity index (χ4v) is 6.78. The summed E-state index contributed by atoms with van der Waals surface area (Å²) < 4.78 is 1.89. The van der Waals surface area contributed by atoms with Crippen molar-refractivity contribution in [3.63, 3.8) is 0 Å². The normalized spacial score (nSPS) is 34.6. The molecule has 2 unspecified atom stereocenters. The molecule has 0 spiro atoms. The number of hydrogen-bond acceptors (Lipinski definition) is 2. The van der Waals surface area contributed by atoms with Crippen molar-refractivity contribution in [2.45, 2.75) is 78.3 Å². The molecule has 4 bridgehead atoms. The molecule has 0 radical (unpaired) electrons. The van der Waals surface area contributed by atoms with Crippen molar-refractivity contribution < 1.29 is 4.79 Å². The molecule has 5 heteroatoms. The average Bonchev–Trinajstić information content (AvgIpc) is 2.78. The summed E-state index contributed by atoms with van der Waals surface area (Å²) in [5, 5.41) is 10.9. The highest BCUT2D eigenvalue weighted by atomic mass is 16.2. The average molecular weight is 359 g/mol. The molecule has 4 aliphatic rings. The molecule has 5 nitrogen and oxygen atoms in total. The molecule has 1 aromatic rings. The van der Waals surface area contributed by atoms with Crippen LogP contribution in [0.5, 0.6) is 0 Å². The second-order valence-electron chi connectivity index (χ2n) is 9.55. The van der Waals surface area contributed by atoms with Crippen molar-refractivity contribution in [1.29, 1.82) is 0 Å². The second kappa shape index (κ2) is 6.28. The number of aryl methyl sites for hydroxylation is 2. The van der Waals surface area contributed by atoms with Crippen LogP contribution in [0.2, 0.25) is 0 Å². The SMILES string of the molecule is Cc1nn(C)c(C)c1C(C)NC(=O)NC(C)C12CC3CC(CC(C3)C1)C2. The molecule has 2 atom stereocenters. The lowest BCUT2D eigenvalue weighted by Gasteiger charge is -2.59. The molecule has 1 heterocycles. The van der Waals surface area contributed by atoms with Gasteiger partial charge in [0.05, 0.1) is 11.7 Å². The van der Waals surface area contributed by atoms with Gasteiger partial charge in [-0.25, -0.2) is 4.79 Å². The van der Waals surface area contributed by atoms with E-state index < -0.39 is 0 Å². The van der Waals surface area contributed by atoms with Gasteiger partial charge in [-0.1, -0.05) is 0 Å². The molecular formula is C21H34N4O. The van der Waals surface area contributed by atoms with E-state index in [1.165, 1.54) is 38.5 Å². The molecule has 4 aliphatic carbocycles. The smallest absolute Gasteiger partial charge is 0.315 e. The number of amides is 2. The number of carbonyl (C=O) groups is 1. The summed E-state index contributed by atoms with van der Waals surface area (Å²) in [4.78, 5) is 12.7. The number of nitrogens with one attached hydrogen (secondary N) is 2. The maximum Gasteiger partial charge on any atom is 0.315 e. The van der Waals surface area contributed by atoms with Crippen molar-refractivity contribution in [2.75, 3.05) is 0 Å². The topological polar surface area (TPSA) is 59.0 Å². The first kappa shape index (κ1) is 17.9. The van der Waals surface area contributed by atoms with Crippen LogP contribution < -0.4 is 10.6 Å². The molecule has 0 saturated heterocycles. The van der Waals surface area contributed by atoms with Crippen LogP contribution >= 0.6 is 0 Å². The second-order valence-corrected chi connectivity index (χ2v) is 9.55. The first-order chi connectivity index (χ1) is 12.3. The van der Waals surface area contributed by atoms with E-state index in [-0.39, 0.29) is 18.1 Å². The van der Waals surface area contributed by atoms with Crippen molar-refractivity contribution in [2.24, 2.45) is 30.2 Å². The summed E-state index contributed by atoms with van der Waals surface area (Å²) in [5.74, 6) is 2.73. The van der Waals surface area contributed by atoms with Gasteiger partial charge in [0.2, 0.25) is 0 Å². The van der Waals surface area contributed by atoms with E-state index in [1.54, 1.807) is 0 Å². The molecule has 144 valence electrons. The maximum absolute atomic E-state index is 12.7. The molecule has 26 heavy (non-hydrogen) atoms. The number of aromatic nitrogens is 2. The van der Waals surface area contributed by atoms with E-state index in [1.807, 2.05) is 25.6 Å². The Labute approximate surface area is 157 Å². The lowest BCUT2D eigenvalue weighted by Crippen LogP contribution is -2.57. The Morgan fingerprint density at radius 1 is 1.08 bits per heavy atom. The van der Waals surface area contributed by atoms with Gasteiger partial charge in [-0.05, 0) is 89.4 Å². The van der Waals surface area contributed by atoms with Crippen molar-refractivity contribution in [3.8, 4) is 0 Å². The van der Waals surface area contributed by atoms with E-state index in [0.29, 0.717) is 5.41 Å². The van der Waals surface area contributed by atoms with Crippen LogP contribution in [0, 0.1) is 37.0 Å². The summed E-state index contributed by atoms with van der Waals surface area (Å²) in [6.07, 6.45) is 8.27. The van der Waals surface area contributed by atoms with Crippen molar-refractivity contribution >= 4 is 6.03 Å². The zero-order valence-corrected chi connectivity index (χ0v) is 16.9. The molecule has 0 aromatic carbocycles. The Balaban J connectivity index is 1.40. The van der Waals surface area contributed by atoms with Crippen LogP contribution in [0.3, 0.4) is 0 Å². The first-order valence-corrected chi connectivity index (χ1v) is 10.3. The maximum atomic E-state index is 12.7. The zero-order chi connectivity index (χ0) is 18.6. The highest BCUT2D eigenvalue weighted by molar-refractivity contribution is 5.75. The molecule has 0 aliphatic heterocycles. The van der Waals surface area contributed by atoms with Crippen molar-refractivity contribution in [3.05, 3.63) is 17.0 Å². The third-order valence-corrected chi connectivity index (χ3v) is 7.70. The summed E-state index contributed by atoms with van der Waals surface area (Å²) in [5.41, 5.74) is 3.58. The molecule has 5 rings (SSSR count). The molecule has 1 aromatic heterocycles. The van der Waals surface area contributed by atoms with Crippen LogP contribution in [0.4, 0.5) is 4.79 Å². The van der Waals surface area contributed by atoms with Crippen LogP contribution in [-0.4, -0.2) is 21.9 Å². The van der Waals surface area contributed by atoms with Crippen LogP contribution in [0.1, 0.15) is 75.4 Å². The predicted octanol–water partition coefficient (Wildman–Crippen LogP) is 4.00. The van der Waals surface area contributed by atoms with Gasteiger partial charge >= 0.3 is 6.03 Å². The standard InChI is InChI=1S/C21H34N4O/c1-12(19-13(2)24-25(5)14(19)3)22-20(26)23-15(4)21-9-16-6-17(10-21)8-18(7-16)11-21/h12,15-18H,6-11H2,1-5H3,(H2,22,23,26). The fraction of sp³-hybridized carbons (Fsp3) is 0.810. The molecule has 2 amide bonds. The summed E-state index contributed by atoms with van der Waals surface area (Å²) in [7, 11) is 1.95. The molecule has 4 saturated carbocycles. The summed E-state index contributed by atoms with van der Waals surface area (Å²) in [6.45, 7) is 8.35. The number of carbonyl (C=O) groups excluding carboxylic acids is 1. The third-order valence-electron chi connectivity index (χ3n) is 7.70. The Morgan fingerprint density at radius 3 is 2.08 bits per heavy atom. The minimum Gasteiger partial charge on any atom is -0.335 e. The van der Waals surface area contributed by atoms with Crippen LogP contribution in [0.25, 0.3) is 0 Å². The first-order valence-electron chi connectivity index (χ1n) is 10.3. The summed E-state index contributed by atoms with van der Waals surface area (Å²) in [6, 6.07) is 0.176. The largest absolute Gasteiger partial charge is 0.335 e. The fourth-order valence-electron chi connectivity index (χ4n) is 6.78. The van der Waals surface area contributed by atoms with E-state index in [4.69, 9.17) is 0 Å². The van der Waals surface area contributed by atoms with E-state index in [2.05, 4.69) is 29.6 Å². The van der Waals surface area contributed by atoms with Gasteiger partial charge < -0.3 is 10.6 Å². The number of urea groups is 1. The molecular weight excluding hydrogens is 324 g/mol. The number of hydrogen-bond donors (Lipinski definition) is 2. The molecule has 2 N–H and O–H groups in total. The minimum atomic E-state index is -0.0385. The zero-order valence-electron chi connectivity index (χ0n) is 16.9. The minimum absolute atomic E-state index is 0.0349. The Hall–Kier alpha value is -1.52. The Kier molecular flexibility index (Phi) is 4.31.